The van der Waals surface area contributed by atoms with E-state index in [2.05, 4.69) is 10.6 Å². The molecule has 0 aromatic heterocycles. The molecule has 0 radical (unpaired) electrons. The van der Waals surface area contributed by atoms with Crippen LogP contribution in [0.2, 0.25) is 0 Å². The van der Waals surface area contributed by atoms with Crippen LogP contribution in [0, 0.1) is 17.6 Å². The molecule has 0 aliphatic heterocycles. The van der Waals surface area contributed by atoms with Crippen LogP contribution in [-0.2, 0) is 4.79 Å². The summed E-state index contributed by atoms with van der Waals surface area (Å²) in [5, 5.41) is 14.3. The maximum absolute atomic E-state index is 14.6. The van der Waals surface area contributed by atoms with Crippen molar-refractivity contribution in [2.75, 3.05) is 13.1 Å². The molecule has 204 valence electrons. The molecule has 8 nitrogen and oxygen atoms in total. The van der Waals surface area contributed by atoms with E-state index >= 15 is 0 Å². The maximum Gasteiger partial charge on any atom is 0.306 e. The van der Waals surface area contributed by atoms with E-state index in [1.807, 2.05) is 0 Å². The number of carboxylic acids is 1. The molecular formula is C29H28F2N2O6. The van der Waals surface area contributed by atoms with Crippen molar-refractivity contribution in [2.45, 2.75) is 31.8 Å². The fourth-order valence-electron chi connectivity index (χ4n) is 4.24. The van der Waals surface area contributed by atoms with Crippen LogP contribution in [0.3, 0.4) is 0 Å². The summed E-state index contributed by atoms with van der Waals surface area (Å²) in [6.07, 6.45) is 1.97. The van der Waals surface area contributed by atoms with Gasteiger partial charge in [-0.15, -0.1) is 0 Å². The van der Waals surface area contributed by atoms with Crippen LogP contribution in [-0.4, -0.2) is 42.1 Å². The summed E-state index contributed by atoms with van der Waals surface area (Å²) in [6, 6.07) is 15.9. The minimum absolute atomic E-state index is 0.0842. The Bertz CT molecular complexity index is 1310. The van der Waals surface area contributed by atoms with Gasteiger partial charge >= 0.3 is 5.97 Å². The molecule has 0 bridgehead atoms. The second-order valence-corrected chi connectivity index (χ2v) is 9.16. The van der Waals surface area contributed by atoms with Gasteiger partial charge in [-0.3, -0.25) is 14.4 Å². The molecule has 0 saturated heterocycles. The molecule has 3 aromatic carbocycles. The second-order valence-electron chi connectivity index (χ2n) is 9.16. The third-order valence-electron chi connectivity index (χ3n) is 6.37. The first kappa shape index (κ1) is 27.6. The third kappa shape index (κ3) is 7.76. The Hall–Kier alpha value is -4.47. The standard InChI is InChI=1S/C29H28F2N2O6/c30-20-5-11-23(12-6-20)38-21-7-1-18(2-8-21)27(34)32-15-16-33-28(35)25-14-13-24(17-26(25)31)39-22-9-3-19(4-10-22)29(36)37/h1-2,5-8,11-14,17,19,22H,3-4,9-10,15-16H2,(H,32,34)(H,33,35)(H,36,37). The van der Waals surface area contributed by atoms with Crippen LogP contribution in [0.25, 0.3) is 0 Å². The molecule has 3 N–H and O–H groups in total. The van der Waals surface area contributed by atoms with Gasteiger partial charge in [0, 0.05) is 24.7 Å². The highest BCUT2D eigenvalue weighted by Crippen LogP contribution is 2.28. The number of carboxylic acid groups (broad SMARTS) is 1. The molecule has 0 spiro atoms. The van der Waals surface area contributed by atoms with Gasteiger partial charge in [0.15, 0.2) is 0 Å². The van der Waals surface area contributed by atoms with Crippen molar-refractivity contribution < 1.29 is 37.7 Å². The number of carbonyl (C=O) groups is 3. The van der Waals surface area contributed by atoms with E-state index in [1.165, 1.54) is 36.4 Å². The lowest BCUT2D eigenvalue weighted by molar-refractivity contribution is -0.143. The molecule has 0 atom stereocenters. The first-order valence-corrected chi connectivity index (χ1v) is 12.6. The van der Waals surface area contributed by atoms with E-state index in [1.54, 1.807) is 24.3 Å². The maximum atomic E-state index is 14.6. The zero-order valence-electron chi connectivity index (χ0n) is 21.0. The van der Waals surface area contributed by atoms with Crippen LogP contribution >= 0.6 is 0 Å². The van der Waals surface area contributed by atoms with Gasteiger partial charge in [0.05, 0.1) is 17.6 Å². The largest absolute Gasteiger partial charge is 0.490 e. The highest BCUT2D eigenvalue weighted by molar-refractivity contribution is 5.95. The van der Waals surface area contributed by atoms with E-state index in [-0.39, 0.29) is 48.1 Å². The molecule has 1 aliphatic carbocycles. The molecule has 1 fully saturated rings. The van der Waals surface area contributed by atoms with Gasteiger partial charge in [-0.1, -0.05) is 0 Å². The second kappa shape index (κ2) is 12.9. The quantitative estimate of drug-likeness (QED) is 0.315. The van der Waals surface area contributed by atoms with Crippen LogP contribution < -0.4 is 20.1 Å². The number of halogens is 2. The Morgan fingerprint density at radius 2 is 1.33 bits per heavy atom. The molecule has 3 aromatic rings. The molecule has 2 amide bonds. The lowest BCUT2D eigenvalue weighted by Gasteiger charge is -2.26. The van der Waals surface area contributed by atoms with E-state index in [4.69, 9.17) is 14.6 Å². The zero-order chi connectivity index (χ0) is 27.8. The number of amides is 2. The van der Waals surface area contributed by atoms with Crippen LogP contribution in [0.4, 0.5) is 8.78 Å². The van der Waals surface area contributed by atoms with Gasteiger partial charge in [0.2, 0.25) is 0 Å². The van der Waals surface area contributed by atoms with Gasteiger partial charge in [-0.2, -0.15) is 0 Å². The minimum atomic E-state index is -0.807. The average Bonchev–Trinajstić information content (AvgIpc) is 2.93. The normalized spacial score (nSPS) is 16.7. The van der Waals surface area contributed by atoms with Crippen LogP contribution in [0.15, 0.2) is 66.7 Å². The van der Waals surface area contributed by atoms with E-state index in [0.29, 0.717) is 42.7 Å². The number of benzene rings is 3. The highest BCUT2D eigenvalue weighted by Gasteiger charge is 2.27. The monoisotopic (exact) mass is 538 g/mol. The zero-order valence-corrected chi connectivity index (χ0v) is 21.0. The first-order chi connectivity index (χ1) is 18.8. The summed E-state index contributed by atoms with van der Waals surface area (Å²) < 4.78 is 38.9. The number of carbonyl (C=O) groups excluding carboxylic acids is 2. The fourth-order valence-corrected chi connectivity index (χ4v) is 4.24. The molecule has 4 rings (SSSR count). The lowest BCUT2D eigenvalue weighted by atomic mass is 9.87. The Kier molecular flexibility index (Phi) is 9.09. The van der Waals surface area contributed by atoms with Crippen LogP contribution in [0.5, 0.6) is 17.2 Å². The summed E-state index contributed by atoms with van der Waals surface area (Å²) >= 11 is 0. The highest BCUT2D eigenvalue weighted by atomic mass is 19.1. The van der Waals surface area contributed by atoms with Crippen molar-refractivity contribution in [1.82, 2.24) is 10.6 Å². The number of hydrogen-bond donors (Lipinski definition) is 3. The van der Waals surface area contributed by atoms with Crippen molar-refractivity contribution >= 4 is 17.8 Å². The van der Waals surface area contributed by atoms with Crippen LogP contribution in [0.1, 0.15) is 46.4 Å². The van der Waals surface area contributed by atoms with Crippen molar-refractivity contribution in [3.05, 3.63) is 89.5 Å². The summed E-state index contributed by atoms with van der Waals surface area (Å²) in [6.45, 7) is 0.209. The number of ether oxygens (including phenoxy) is 2. The Balaban J connectivity index is 1.19. The molecule has 1 aliphatic rings. The van der Waals surface area contributed by atoms with E-state index in [9.17, 15) is 23.2 Å². The molecule has 10 heteroatoms. The first-order valence-electron chi connectivity index (χ1n) is 12.6. The van der Waals surface area contributed by atoms with Gasteiger partial charge in [-0.05, 0) is 86.3 Å². The van der Waals surface area contributed by atoms with E-state index < -0.39 is 17.7 Å². The molecule has 1 saturated carbocycles. The van der Waals surface area contributed by atoms with Gasteiger partial charge < -0.3 is 25.2 Å². The molecule has 0 unspecified atom stereocenters. The Morgan fingerprint density at radius 3 is 1.92 bits per heavy atom. The predicted molar refractivity (Wildman–Crippen MR) is 138 cm³/mol. The third-order valence-corrected chi connectivity index (χ3v) is 6.37. The summed E-state index contributed by atoms with van der Waals surface area (Å²) in [5.74, 6) is -2.05. The topological polar surface area (TPSA) is 114 Å². The number of nitrogens with one attached hydrogen (secondary N) is 2. The molecular weight excluding hydrogens is 510 g/mol. The van der Waals surface area contributed by atoms with Crippen molar-refractivity contribution in [3.63, 3.8) is 0 Å². The van der Waals surface area contributed by atoms with Gasteiger partial charge in [0.25, 0.3) is 11.8 Å². The number of hydrogen-bond acceptors (Lipinski definition) is 5. The fraction of sp³-hybridized carbons (Fsp3) is 0.276. The Morgan fingerprint density at radius 1 is 0.769 bits per heavy atom. The van der Waals surface area contributed by atoms with E-state index in [0.717, 1.165) is 6.07 Å². The number of aliphatic carboxylic acids is 1. The predicted octanol–water partition coefficient (Wildman–Crippen LogP) is 4.94. The summed E-state index contributed by atoms with van der Waals surface area (Å²) in [7, 11) is 0. The molecule has 39 heavy (non-hydrogen) atoms. The lowest BCUT2D eigenvalue weighted by Crippen LogP contribution is -2.35. The van der Waals surface area contributed by atoms with Crippen molar-refractivity contribution in [3.8, 4) is 17.2 Å². The smallest absolute Gasteiger partial charge is 0.306 e. The minimum Gasteiger partial charge on any atom is -0.490 e. The average molecular weight is 539 g/mol. The summed E-state index contributed by atoms with van der Waals surface area (Å²) in [5.41, 5.74) is 0.228. The molecule has 0 heterocycles. The SMILES string of the molecule is O=C(NCCNC(=O)c1ccc(OC2CCC(C(=O)O)CC2)cc1F)c1ccc(Oc2ccc(F)cc2)cc1. The van der Waals surface area contributed by atoms with Gasteiger partial charge in [-0.25, -0.2) is 8.78 Å². The number of rotatable bonds is 10. The summed E-state index contributed by atoms with van der Waals surface area (Å²) in [4.78, 5) is 35.8. The Labute approximate surface area is 223 Å². The van der Waals surface area contributed by atoms with Crippen molar-refractivity contribution in [2.24, 2.45) is 5.92 Å². The van der Waals surface area contributed by atoms with Crippen molar-refractivity contribution in [1.29, 1.82) is 0 Å². The van der Waals surface area contributed by atoms with Gasteiger partial charge in [0.1, 0.15) is 28.9 Å².